The zero-order valence-electron chi connectivity index (χ0n) is 14.4. The van der Waals surface area contributed by atoms with E-state index in [1.54, 1.807) is 15.9 Å². The molecule has 0 aromatic heterocycles. The molecule has 4 nitrogen and oxygen atoms in total. The zero-order chi connectivity index (χ0) is 18.9. The number of fused-ring (bicyclic) bond motifs is 1. The van der Waals surface area contributed by atoms with Gasteiger partial charge in [0.1, 0.15) is 0 Å². The van der Waals surface area contributed by atoms with E-state index in [0.717, 1.165) is 6.07 Å². The van der Waals surface area contributed by atoms with E-state index in [2.05, 4.69) is 6.58 Å². The van der Waals surface area contributed by atoms with Gasteiger partial charge in [0.25, 0.3) is 0 Å². The van der Waals surface area contributed by atoms with E-state index in [0.29, 0.717) is 43.6 Å². The average molecular weight is 366 g/mol. The summed E-state index contributed by atoms with van der Waals surface area (Å²) in [5, 5.41) is 0. The van der Waals surface area contributed by atoms with Crippen LogP contribution < -0.4 is 0 Å². The lowest BCUT2D eigenvalue weighted by Gasteiger charge is -2.36. The van der Waals surface area contributed by atoms with Crippen molar-refractivity contribution >= 4 is 11.8 Å². The van der Waals surface area contributed by atoms with Crippen molar-refractivity contribution in [2.24, 2.45) is 5.92 Å². The summed E-state index contributed by atoms with van der Waals surface area (Å²) in [4.78, 5) is 27.7. The summed E-state index contributed by atoms with van der Waals surface area (Å²) in [6.07, 6.45) is -1.75. The van der Waals surface area contributed by atoms with E-state index in [1.807, 2.05) is 0 Å². The molecule has 0 saturated carbocycles. The summed E-state index contributed by atoms with van der Waals surface area (Å²) >= 11 is 0. The second kappa shape index (κ2) is 7.13. The van der Waals surface area contributed by atoms with Crippen LogP contribution in [0.15, 0.2) is 30.9 Å². The first-order valence-electron chi connectivity index (χ1n) is 8.69. The van der Waals surface area contributed by atoms with Gasteiger partial charge in [0.15, 0.2) is 0 Å². The molecule has 2 amide bonds. The molecule has 3 rings (SSSR count). The topological polar surface area (TPSA) is 40.6 Å². The number of carbonyl (C=O) groups excluding carboxylic acids is 2. The Labute approximate surface area is 150 Å². The van der Waals surface area contributed by atoms with Crippen LogP contribution in [0.2, 0.25) is 0 Å². The monoisotopic (exact) mass is 366 g/mol. The third kappa shape index (κ3) is 3.61. The SMILES string of the molecule is C=CC(=O)N1CCC(C(=O)N2CCc3c(cccc3C(F)(F)F)C2)CC1. The van der Waals surface area contributed by atoms with Crippen molar-refractivity contribution in [1.82, 2.24) is 9.80 Å². The van der Waals surface area contributed by atoms with Crippen LogP contribution in [-0.4, -0.2) is 41.2 Å². The summed E-state index contributed by atoms with van der Waals surface area (Å²) in [6, 6.07) is 4.16. The van der Waals surface area contributed by atoms with Gasteiger partial charge in [0.05, 0.1) is 5.56 Å². The smallest absolute Gasteiger partial charge is 0.339 e. The summed E-state index contributed by atoms with van der Waals surface area (Å²) < 4.78 is 39.4. The van der Waals surface area contributed by atoms with Crippen molar-refractivity contribution in [2.45, 2.75) is 32.0 Å². The molecule has 140 valence electrons. The molecule has 2 aliphatic rings. The van der Waals surface area contributed by atoms with Gasteiger partial charge >= 0.3 is 6.18 Å². The molecule has 0 radical (unpaired) electrons. The number of benzene rings is 1. The number of amides is 2. The number of rotatable bonds is 2. The number of piperidine rings is 1. The van der Waals surface area contributed by atoms with Crippen molar-refractivity contribution in [3.63, 3.8) is 0 Å². The molecular formula is C19H21F3N2O2. The van der Waals surface area contributed by atoms with Crippen molar-refractivity contribution < 1.29 is 22.8 Å². The Kier molecular flexibility index (Phi) is 5.07. The van der Waals surface area contributed by atoms with Crippen molar-refractivity contribution in [1.29, 1.82) is 0 Å². The van der Waals surface area contributed by atoms with Crippen LogP contribution in [0.4, 0.5) is 13.2 Å². The summed E-state index contributed by atoms with van der Waals surface area (Å²) in [7, 11) is 0. The van der Waals surface area contributed by atoms with Gasteiger partial charge in [-0.3, -0.25) is 9.59 Å². The molecule has 0 spiro atoms. The minimum Gasteiger partial charge on any atom is -0.339 e. The molecule has 0 aliphatic carbocycles. The molecule has 2 aliphatic heterocycles. The molecule has 7 heteroatoms. The van der Waals surface area contributed by atoms with E-state index < -0.39 is 11.7 Å². The third-order valence-electron chi connectivity index (χ3n) is 5.21. The highest BCUT2D eigenvalue weighted by molar-refractivity contribution is 5.87. The molecular weight excluding hydrogens is 345 g/mol. The highest BCUT2D eigenvalue weighted by Crippen LogP contribution is 2.36. The Balaban J connectivity index is 1.67. The number of carbonyl (C=O) groups is 2. The van der Waals surface area contributed by atoms with Gasteiger partial charge < -0.3 is 9.80 Å². The van der Waals surface area contributed by atoms with Crippen LogP contribution >= 0.6 is 0 Å². The molecule has 2 heterocycles. The first kappa shape index (κ1) is 18.5. The minimum atomic E-state index is -4.37. The van der Waals surface area contributed by atoms with Gasteiger partial charge in [-0.2, -0.15) is 13.2 Å². The highest BCUT2D eigenvalue weighted by atomic mass is 19.4. The average Bonchev–Trinajstić information content (AvgIpc) is 2.65. The second-order valence-electron chi connectivity index (χ2n) is 6.75. The van der Waals surface area contributed by atoms with Crippen LogP contribution in [0.1, 0.15) is 29.5 Å². The van der Waals surface area contributed by atoms with Crippen LogP contribution in [0.5, 0.6) is 0 Å². The Morgan fingerprint density at radius 2 is 1.81 bits per heavy atom. The maximum absolute atomic E-state index is 13.1. The number of nitrogens with zero attached hydrogens (tertiary/aromatic N) is 2. The number of halogens is 3. The maximum Gasteiger partial charge on any atom is 0.416 e. The van der Waals surface area contributed by atoms with E-state index in [-0.39, 0.29) is 30.7 Å². The maximum atomic E-state index is 13.1. The van der Waals surface area contributed by atoms with Crippen LogP contribution in [0, 0.1) is 5.92 Å². The number of hydrogen-bond donors (Lipinski definition) is 0. The summed E-state index contributed by atoms with van der Waals surface area (Å²) in [5.41, 5.74) is 0.271. The van der Waals surface area contributed by atoms with E-state index >= 15 is 0 Å². The normalized spacial score (nSPS) is 18.4. The zero-order valence-corrected chi connectivity index (χ0v) is 14.4. The van der Waals surface area contributed by atoms with Crippen molar-refractivity contribution in [3.8, 4) is 0 Å². The number of hydrogen-bond acceptors (Lipinski definition) is 2. The van der Waals surface area contributed by atoms with Crippen LogP contribution in [0.25, 0.3) is 0 Å². The first-order chi connectivity index (χ1) is 12.3. The highest BCUT2D eigenvalue weighted by Gasteiger charge is 2.37. The van der Waals surface area contributed by atoms with E-state index in [1.165, 1.54) is 12.1 Å². The molecule has 26 heavy (non-hydrogen) atoms. The lowest BCUT2D eigenvalue weighted by molar-refractivity contribution is -0.141. The molecule has 0 unspecified atom stereocenters. The van der Waals surface area contributed by atoms with Crippen LogP contribution in [-0.2, 0) is 28.7 Å². The lowest BCUT2D eigenvalue weighted by Crippen LogP contribution is -2.45. The number of likely N-dealkylation sites (tertiary alicyclic amines) is 1. The van der Waals surface area contributed by atoms with Gasteiger partial charge in [-0.05, 0) is 42.5 Å². The molecule has 1 fully saturated rings. The van der Waals surface area contributed by atoms with E-state index in [9.17, 15) is 22.8 Å². The predicted octanol–water partition coefficient (Wildman–Crippen LogP) is 3.01. The molecule has 1 aromatic carbocycles. The molecule has 0 atom stereocenters. The first-order valence-corrected chi connectivity index (χ1v) is 8.69. The second-order valence-corrected chi connectivity index (χ2v) is 6.75. The number of alkyl halides is 3. The fourth-order valence-corrected chi connectivity index (χ4v) is 3.80. The quantitative estimate of drug-likeness (QED) is 0.755. The predicted molar refractivity (Wildman–Crippen MR) is 90.1 cm³/mol. The largest absolute Gasteiger partial charge is 0.416 e. The summed E-state index contributed by atoms with van der Waals surface area (Å²) in [6.45, 7) is 4.98. The standard InChI is InChI=1S/C19H21F3N2O2/c1-2-17(25)23-9-6-13(7-10-23)18(26)24-11-8-15-14(12-24)4-3-5-16(15)19(20,21)22/h2-5,13H,1,6-12H2. The van der Waals surface area contributed by atoms with E-state index in [4.69, 9.17) is 0 Å². The Bertz CT molecular complexity index is 722. The van der Waals surface area contributed by atoms with Crippen LogP contribution in [0.3, 0.4) is 0 Å². The van der Waals surface area contributed by atoms with Gasteiger partial charge in [-0.1, -0.05) is 18.7 Å². The van der Waals surface area contributed by atoms with Crippen molar-refractivity contribution in [2.75, 3.05) is 19.6 Å². The van der Waals surface area contributed by atoms with Gasteiger partial charge in [-0.25, -0.2) is 0 Å². The minimum absolute atomic E-state index is 0.0289. The third-order valence-corrected chi connectivity index (χ3v) is 5.21. The van der Waals surface area contributed by atoms with Gasteiger partial charge in [0, 0.05) is 32.1 Å². The van der Waals surface area contributed by atoms with Crippen molar-refractivity contribution in [3.05, 3.63) is 47.5 Å². The molecule has 1 saturated heterocycles. The summed E-state index contributed by atoms with van der Waals surface area (Å²) in [5.74, 6) is -0.350. The Morgan fingerprint density at radius 3 is 2.42 bits per heavy atom. The lowest BCUT2D eigenvalue weighted by atomic mass is 9.91. The Hall–Kier alpha value is -2.31. The Morgan fingerprint density at radius 1 is 1.12 bits per heavy atom. The fourth-order valence-electron chi connectivity index (χ4n) is 3.80. The molecule has 1 aromatic rings. The van der Waals surface area contributed by atoms with Gasteiger partial charge in [-0.15, -0.1) is 0 Å². The molecule has 0 N–H and O–H groups in total. The van der Waals surface area contributed by atoms with Gasteiger partial charge in [0.2, 0.25) is 11.8 Å². The fraction of sp³-hybridized carbons (Fsp3) is 0.474. The molecule has 0 bridgehead atoms.